The van der Waals surface area contributed by atoms with E-state index in [1.54, 1.807) is 0 Å². The Morgan fingerprint density at radius 1 is 1.33 bits per heavy atom. The molecule has 0 aliphatic carbocycles. The normalized spacial score (nSPS) is 10.9. The van der Waals surface area contributed by atoms with Gasteiger partial charge in [-0.15, -0.1) is 0 Å². The predicted molar refractivity (Wildman–Crippen MR) is 49.1 cm³/mol. The van der Waals surface area contributed by atoms with Crippen LogP contribution in [0.4, 0.5) is 8.78 Å². The number of rotatable bonds is 2. The fourth-order valence-corrected chi connectivity index (χ4v) is 0.984. The van der Waals surface area contributed by atoms with Crippen LogP contribution >= 0.6 is 0 Å². The maximum absolute atomic E-state index is 12.7. The zero-order valence-electron chi connectivity index (χ0n) is 7.50. The number of carbonyl (C=O) groups excluding carboxylic acids is 1. The average molecular weight is 208 g/mol. The molecule has 1 rings (SSSR count). The second-order valence-corrected chi connectivity index (χ2v) is 2.74. The van der Waals surface area contributed by atoms with Gasteiger partial charge in [0.1, 0.15) is 23.3 Å². The summed E-state index contributed by atoms with van der Waals surface area (Å²) in [7, 11) is 0. The molecule has 0 radical (unpaired) electrons. The number of nitriles is 1. The Morgan fingerprint density at radius 3 is 2.27 bits per heavy atom. The van der Waals surface area contributed by atoms with Crippen molar-refractivity contribution in [2.24, 2.45) is 5.73 Å². The number of benzene rings is 1. The molecule has 2 N–H and O–H groups in total. The minimum atomic E-state index is -0.942. The third-order valence-corrected chi connectivity index (χ3v) is 1.58. The Balaban J connectivity index is 3.18. The average Bonchev–Trinajstić information content (AvgIpc) is 2.12. The van der Waals surface area contributed by atoms with Gasteiger partial charge in [-0.2, -0.15) is 5.26 Å². The second kappa shape index (κ2) is 4.33. The summed E-state index contributed by atoms with van der Waals surface area (Å²) in [6.45, 7) is 0. The van der Waals surface area contributed by atoms with Gasteiger partial charge in [-0.1, -0.05) is 0 Å². The first kappa shape index (κ1) is 10.9. The topological polar surface area (TPSA) is 66.9 Å². The lowest BCUT2D eigenvalue weighted by Crippen LogP contribution is -2.12. The molecule has 0 bridgehead atoms. The second-order valence-electron chi connectivity index (χ2n) is 2.74. The van der Waals surface area contributed by atoms with E-state index in [1.807, 2.05) is 0 Å². The van der Waals surface area contributed by atoms with Crippen molar-refractivity contribution in [1.29, 1.82) is 5.26 Å². The van der Waals surface area contributed by atoms with Gasteiger partial charge in [-0.25, -0.2) is 8.78 Å². The molecule has 0 aliphatic heterocycles. The SMILES string of the molecule is N#C/C(=C/c1cc(F)cc(F)c1)C(N)=O. The molecule has 3 nitrogen and oxygen atoms in total. The highest BCUT2D eigenvalue weighted by Crippen LogP contribution is 2.11. The molecule has 1 aromatic carbocycles. The molecule has 0 saturated carbocycles. The highest BCUT2D eigenvalue weighted by atomic mass is 19.1. The van der Waals surface area contributed by atoms with Crippen molar-refractivity contribution in [2.45, 2.75) is 0 Å². The number of nitrogens with two attached hydrogens (primary N) is 1. The summed E-state index contributed by atoms with van der Waals surface area (Å²) in [5.41, 5.74) is 4.56. The van der Waals surface area contributed by atoms with Crippen LogP contribution in [0.25, 0.3) is 6.08 Å². The van der Waals surface area contributed by atoms with Crippen molar-refractivity contribution in [3.05, 3.63) is 41.0 Å². The summed E-state index contributed by atoms with van der Waals surface area (Å²) in [5, 5.41) is 8.49. The minimum absolute atomic E-state index is 0.0721. The summed E-state index contributed by atoms with van der Waals surface area (Å²) in [4.78, 5) is 10.6. The lowest BCUT2D eigenvalue weighted by molar-refractivity contribution is -0.114. The minimum Gasteiger partial charge on any atom is -0.365 e. The molecule has 0 aromatic heterocycles. The van der Waals surface area contributed by atoms with Crippen LogP contribution in [0.2, 0.25) is 0 Å². The van der Waals surface area contributed by atoms with E-state index < -0.39 is 17.5 Å². The van der Waals surface area contributed by atoms with Crippen LogP contribution in [0.15, 0.2) is 23.8 Å². The van der Waals surface area contributed by atoms with Crippen LogP contribution in [0.3, 0.4) is 0 Å². The molecule has 0 saturated heterocycles. The van der Waals surface area contributed by atoms with E-state index in [4.69, 9.17) is 11.0 Å². The van der Waals surface area contributed by atoms with Crippen molar-refractivity contribution in [3.63, 3.8) is 0 Å². The van der Waals surface area contributed by atoms with Crippen LogP contribution in [0, 0.1) is 23.0 Å². The third-order valence-electron chi connectivity index (χ3n) is 1.58. The molecule has 76 valence electrons. The molecule has 1 aromatic rings. The monoisotopic (exact) mass is 208 g/mol. The van der Waals surface area contributed by atoms with Crippen LogP contribution in [0.1, 0.15) is 5.56 Å². The van der Waals surface area contributed by atoms with Gasteiger partial charge in [0.05, 0.1) is 0 Å². The van der Waals surface area contributed by atoms with Gasteiger partial charge in [-0.3, -0.25) is 4.79 Å². The Labute approximate surface area is 84.4 Å². The number of amides is 1. The molecular weight excluding hydrogens is 202 g/mol. The zero-order valence-corrected chi connectivity index (χ0v) is 7.50. The Morgan fingerprint density at radius 2 is 1.87 bits per heavy atom. The van der Waals surface area contributed by atoms with Crippen molar-refractivity contribution in [1.82, 2.24) is 0 Å². The van der Waals surface area contributed by atoms with E-state index >= 15 is 0 Å². The Bertz CT molecular complexity index is 455. The van der Waals surface area contributed by atoms with Crippen LogP contribution in [-0.4, -0.2) is 5.91 Å². The van der Waals surface area contributed by atoms with Crippen LogP contribution in [0.5, 0.6) is 0 Å². The fourth-order valence-electron chi connectivity index (χ4n) is 0.984. The Kier molecular flexibility index (Phi) is 3.13. The standard InChI is InChI=1S/C10H6F2N2O/c11-8-2-6(3-9(12)4-8)1-7(5-13)10(14)15/h1-4H,(H2,14,15)/b7-1-. The molecule has 0 spiro atoms. The predicted octanol–water partition coefficient (Wildman–Crippen LogP) is 1.36. The van der Waals surface area contributed by atoms with Crippen molar-refractivity contribution in [2.75, 3.05) is 0 Å². The van der Waals surface area contributed by atoms with Gasteiger partial charge in [0.25, 0.3) is 5.91 Å². The van der Waals surface area contributed by atoms with Gasteiger partial charge in [0, 0.05) is 6.07 Å². The number of primary amides is 1. The molecular formula is C10H6F2N2O. The molecule has 15 heavy (non-hydrogen) atoms. The van der Waals surface area contributed by atoms with E-state index in [1.165, 1.54) is 6.07 Å². The summed E-state index contributed by atoms with van der Waals surface area (Å²) in [5.74, 6) is -2.52. The molecule has 0 fully saturated rings. The summed E-state index contributed by atoms with van der Waals surface area (Å²) in [6, 6.07) is 4.20. The number of halogens is 2. The van der Waals surface area contributed by atoms with Crippen LogP contribution < -0.4 is 5.73 Å². The van der Waals surface area contributed by atoms with E-state index in [0.717, 1.165) is 18.2 Å². The quantitative estimate of drug-likeness (QED) is 0.589. The first-order chi connectivity index (χ1) is 7.02. The van der Waals surface area contributed by atoms with Gasteiger partial charge < -0.3 is 5.73 Å². The number of hydrogen-bond acceptors (Lipinski definition) is 2. The number of hydrogen-bond donors (Lipinski definition) is 1. The van der Waals surface area contributed by atoms with Crippen molar-refractivity contribution >= 4 is 12.0 Å². The summed E-state index contributed by atoms with van der Waals surface area (Å²) < 4.78 is 25.4. The maximum atomic E-state index is 12.7. The molecule has 0 atom stereocenters. The fraction of sp³-hybridized carbons (Fsp3) is 0. The van der Waals surface area contributed by atoms with E-state index in [0.29, 0.717) is 6.07 Å². The lowest BCUT2D eigenvalue weighted by Gasteiger charge is -1.96. The molecule has 0 heterocycles. The maximum Gasteiger partial charge on any atom is 0.259 e. The van der Waals surface area contributed by atoms with Gasteiger partial charge in [0.2, 0.25) is 0 Å². The first-order valence-corrected chi connectivity index (χ1v) is 3.90. The van der Waals surface area contributed by atoms with Gasteiger partial charge in [-0.05, 0) is 23.8 Å². The highest BCUT2D eigenvalue weighted by Gasteiger charge is 2.04. The highest BCUT2D eigenvalue weighted by molar-refractivity contribution is 6.00. The lowest BCUT2D eigenvalue weighted by atomic mass is 10.1. The number of carbonyl (C=O) groups is 1. The van der Waals surface area contributed by atoms with E-state index in [-0.39, 0.29) is 11.1 Å². The number of nitrogens with zero attached hydrogens (tertiary/aromatic N) is 1. The third kappa shape index (κ3) is 2.88. The largest absolute Gasteiger partial charge is 0.365 e. The van der Waals surface area contributed by atoms with Gasteiger partial charge in [0.15, 0.2) is 0 Å². The molecule has 5 heteroatoms. The molecule has 0 aliphatic rings. The first-order valence-electron chi connectivity index (χ1n) is 3.90. The van der Waals surface area contributed by atoms with Crippen LogP contribution in [-0.2, 0) is 4.79 Å². The van der Waals surface area contributed by atoms with Crippen molar-refractivity contribution in [3.8, 4) is 6.07 Å². The smallest absolute Gasteiger partial charge is 0.259 e. The van der Waals surface area contributed by atoms with Crippen molar-refractivity contribution < 1.29 is 13.6 Å². The van der Waals surface area contributed by atoms with Gasteiger partial charge >= 0.3 is 0 Å². The summed E-state index contributed by atoms with van der Waals surface area (Å²) >= 11 is 0. The zero-order chi connectivity index (χ0) is 11.4. The molecule has 1 amide bonds. The Hall–Kier alpha value is -2.22. The molecule has 0 unspecified atom stereocenters. The van der Waals surface area contributed by atoms with E-state index in [2.05, 4.69) is 0 Å². The van der Waals surface area contributed by atoms with E-state index in [9.17, 15) is 13.6 Å². The summed E-state index contributed by atoms with van der Waals surface area (Å²) in [6.07, 6.45) is 1.02.